The number of thiazole rings is 1. The zero-order valence-corrected chi connectivity index (χ0v) is 20.0. The van der Waals surface area contributed by atoms with Gasteiger partial charge in [0.05, 0.1) is 16.4 Å². The summed E-state index contributed by atoms with van der Waals surface area (Å²) in [5.74, 6) is 0.417. The number of benzene rings is 1. The average Bonchev–Trinajstić information content (AvgIpc) is 3.32. The maximum Gasteiger partial charge on any atom is 0.246 e. The lowest BCUT2D eigenvalue weighted by Crippen LogP contribution is -2.36. The van der Waals surface area contributed by atoms with Crippen molar-refractivity contribution in [3.05, 3.63) is 61.6 Å². The summed E-state index contributed by atoms with van der Waals surface area (Å²) in [7, 11) is 1.79. The van der Waals surface area contributed by atoms with Gasteiger partial charge in [-0.15, -0.1) is 11.3 Å². The van der Waals surface area contributed by atoms with Crippen LogP contribution in [0.3, 0.4) is 0 Å². The Morgan fingerprint density at radius 1 is 1.33 bits per heavy atom. The quantitative estimate of drug-likeness (QED) is 0.428. The van der Waals surface area contributed by atoms with Crippen LogP contribution in [0, 0.1) is 6.92 Å². The molecule has 0 atom stereocenters. The van der Waals surface area contributed by atoms with Crippen LogP contribution >= 0.6 is 38.9 Å². The monoisotopic (exact) mass is 504 g/mol. The fourth-order valence-corrected chi connectivity index (χ4v) is 5.34. The van der Waals surface area contributed by atoms with Crippen molar-refractivity contribution in [2.24, 2.45) is 7.05 Å². The summed E-state index contributed by atoms with van der Waals surface area (Å²) in [6, 6.07) is 8.20. The van der Waals surface area contributed by atoms with Crippen LogP contribution in [0.2, 0.25) is 5.15 Å². The van der Waals surface area contributed by atoms with E-state index in [2.05, 4.69) is 38.5 Å². The minimum atomic E-state index is 0.0155. The predicted molar refractivity (Wildman–Crippen MR) is 126 cm³/mol. The molecule has 0 radical (unpaired) electrons. The second kappa shape index (κ2) is 9.04. The van der Waals surface area contributed by atoms with Gasteiger partial charge in [0.1, 0.15) is 5.15 Å². The second-order valence-corrected chi connectivity index (χ2v) is 9.59. The summed E-state index contributed by atoms with van der Waals surface area (Å²) in [6.45, 7) is 3.36. The smallest absolute Gasteiger partial charge is 0.246 e. The molecule has 5 nitrogen and oxygen atoms in total. The van der Waals surface area contributed by atoms with E-state index in [0.717, 1.165) is 57.9 Å². The van der Waals surface area contributed by atoms with Gasteiger partial charge < -0.3 is 4.90 Å². The van der Waals surface area contributed by atoms with Crippen molar-refractivity contribution < 1.29 is 4.79 Å². The van der Waals surface area contributed by atoms with Gasteiger partial charge in [-0.3, -0.25) is 9.48 Å². The van der Waals surface area contributed by atoms with E-state index >= 15 is 0 Å². The van der Waals surface area contributed by atoms with Crippen LogP contribution in [0.15, 0.2) is 40.2 Å². The van der Waals surface area contributed by atoms with Gasteiger partial charge in [0.25, 0.3) is 0 Å². The van der Waals surface area contributed by atoms with Crippen molar-refractivity contribution in [3.63, 3.8) is 0 Å². The molecular formula is C22H22BrClN4OS. The number of piperidine rings is 1. The number of nitrogens with zero attached hydrogens (tertiary/aromatic N) is 4. The highest BCUT2D eigenvalue weighted by atomic mass is 79.9. The highest BCUT2D eigenvalue weighted by molar-refractivity contribution is 9.10. The number of carbonyl (C=O) groups excluding carboxylic acids is 1. The van der Waals surface area contributed by atoms with E-state index < -0.39 is 0 Å². The minimum absolute atomic E-state index is 0.0155. The summed E-state index contributed by atoms with van der Waals surface area (Å²) in [5, 5.41) is 8.10. The van der Waals surface area contributed by atoms with Crippen LogP contribution < -0.4 is 0 Å². The van der Waals surface area contributed by atoms with Crippen LogP contribution in [-0.4, -0.2) is 38.7 Å². The number of hydrogen-bond donors (Lipinski definition) is 0. The molecule has 1 aliphatic rings. The van der Waals surface area contributed by atoms with E-state index in [9.17, 15) is 4.79 Å². The highest BCUT2D eigenvalue weighted by Crippen LogP contribution is 2.33. The van der Waals surface area contributed by atoms with Crippen LogP contribution in [0.5, 0.6) is 0 Å². The normalized spacial score (nSPS) is 15.3. The first kappa shape index (κ1) is 21.3. The zero-order chi connectivity index (χ0) is 21.3. The lowest BCUT2D eigenvalue weighted by atomic mass is 9.97. The first-order valence-electron chi connectivity index (χ1n) is 9.80. The number of aromatic nitrogens is 3. The fourth-order valence-electron chi connectivity index (χ4n) is 3.70. The van der Waals surface area contributed by atoms with Gasteiger partial charge in [-0.1, -0.05) is 39.7 Å². The molecule has 0 N–H and O–H groups in total. The van der Waals surface area contributed by atoms with Gasteiger partial charge in [0.2, 0.25) is 5.91 Å². The first-order chi connectivity index (χ1) is 14.4. The zero-order valence-electron chi connectivity index (χ0n) is 16.8. The summed E-state index contributed by atoms with van der Waals surface area (Å²) in [6.07, 6.45) is 5.23. The van der Waals surface area contributed by atoms with Gasteiger partial charge in [0.15, 0.2) is 0 Å². The maximum atomic E-state index is 12.6. The number of hydrogen-bond acceptors (Lipinski definition) is 4. The minimum Gasteiger partial charge on any atom is -0.339 e. The summed E-state index contributed by atoms with van der Waals surface area (Å²) >= 11 is 11.5. The lowest BCUT2D eigenvalue weighted by molar-refractivity contribution is -0.126. The Balaban J connectivity index is 1.37. The van der Waals surface area contributed by atoms with Gasteiger partial charge in [-0.2, -0.15) is 5.10 Å². The van der Waals surface area contributed by atoms with Crippen molar-refractivity contribution >= 4 is 50.9 Å². The molecular weight excluding hydrogens is 484 g/mol. The Bertz CT molecular complexity index is 1100. The van der Waals surface area contributed by atoms with Crippen LogP contribution in [0.1, 0.15) is 35.0 Å². The predicted octanol–water partition coefficient (Wildman–Crippen LogP) is 5.69. The Kier molecular flexibility index (Phi) is 6.41. The molecule has 0 spiro atoms. The Labute approximate surface area is 193 Å². The van der Waals surface area contributed by atoms with Gasteiger partial charge >= 0.3 is 0 Å². The van der Waals surface area contributed by atoms with E-state index in [0.29, 0.717) is 11.1 Å². The first-order valence-corrected chi connectivity index (χ1v) is 11.8. The molecule has 1 aliphatic heterocycles. The Hall–Kier alpha value is -1.96. The molecule has 4 rings (SSSR count). The van der Waals surface area contributed by atoms with Crippen molar-refractivity contribution in [3.8, 4) is 11.3 Å². The third-order valence-electron chi connectivity index (χ3n) is 5.39. The van der Waals surface area contributed by atoms with Crippen LogP contribution in [0.25, 0.3) is 17.3 Å². The molecule has 0 saturated carbocycles. The molecule has 8 heteroatoms. The molecule has 0 aliphatic carbocycles. The van der Waals surface area contributed by atoms with Crippen molar-refractivity contribution in [1.82, 2.24) is 19.7 Å². The van der Waals surface area contributed by atoms with Gasteiger partial charge in [0, 0.05) is 53.1 Å². The maximum absolute atomic E-state index is 12.6. The molecule has 2 aromatic heterocycles. The summed E-state index contributed by atoms with van der Waals surface area (Å²) < 4.78 is 2.67. The number of rotatable bonds is 4. The summed E-state index contributed by atoms with van der Waals surface area (Å²) in [5.41, 5.74) is 3.75. The van der Waals surface area contributed by atoms with E-state index in [1.807, 2.05) is 24.0 Å². The van der Waals surface area contributed by atoms with E-state index in [1.165, 1.54) is 0 Å². The fraction of sp³-hybridized carbons (Fsp3) is 0.318. The molecule has 3 heterocycles. The van der Waals surface area contributed by atoms with Crippen molar-refractivity contribution in [2.75, 3.05) is 13.1 Å². The second-order valence-electron chi connectivity index (χ2n) is 7.43. The van der Waals surface area contributed by atoms with Crippen molar-refractivity contribution in [2.45, 2.75) is 25.7 Å². The van der Waals surface area contributed by atoms with Crippen molar-refractivity contribution in [1.29, 1.82) is 0 Å². The molecule has 156 valence electrons. The molecule has 1 fully saturated rings. The topological polar surface area (TPSA) is 51.0 Å². The van der Waals surface area contributed by atoms with Crippen LogP contribution in [0.4, 0.5) is 0 Å². The molecule has 3 aromatic rings. The van der Waals surface area contributed by atoms with Crippen LogP contribution in [-0.2, 0) is 11.8 Å². The molecule has 1 amide bonds. The number of halogens is 2. The van der Waals surface area contributed by atoms with E-state index in [4.69, 9.17) is 16.6 Å². The third-order valence-corrected chi connectivity index (χ3v) is 7.34. The SMILES string of the molecule is Cc1nn(C)c(Cl)c1C=CC(=O)N1CCC(c2nc(-c3cccc(Br)c3)cs2)CC1. The Morgan fingerprint density at radius 2 is 2.10 bits per heavy atom. The summed E-state index contributed by atoms with van der Waals surface area (Å²) in [4.78, 5) is 19.4. The molecule has 30 heavy (non-hydrogen) atoms. The third kappa shape index (κ3) is 4.53. The lowest BCUT2D eigenvalue weighted by Gasteiger charge is -2.30. The Morgan fingerprint density at radius 3 is 2.77 bits per heavy atom. The van der Waals surface area contributed by atoms with E-state index in [-0.39, 0.29) is 5.91 Å². The van der Waals surface area contributed by atoms with Gasteiger partial charge in [-0.25, -0.2) is 4.98 Å². The van der Waals surface area contributed by atoms with E-state index in [1.54, 1.807) is 35.2 Å². The number of carbonyl (C=O) groups is 1. The number of likely N-dealkylation sites (tertiary alicyclic amines) is 1. The standard InChI is InChI=1S/C22H22BrClN4OS/c1-14-18(21(24)27(2)26-14)6-7-20(29)28-10-8-15(9-11-28)22-25-19(13-30-22)16-4-3-5-17(23)12-16/h3-7,12-13,15H,8-11H2,1-2H3. The molecule has 0 unspecified atom stereocenters. The average molecular weight is 506 g/mol. The largest absolute Gasteiger partial charge is 0.339 e. The molecule has 1 aromatic carbocycles. The van der Waals surface area contributed by atoms with Gasteiger partial charge in [-0.05, 0) is 38.0 Å². The molecule has 0 bridgehead atoms. The number of amides is 1. The molecule has 1 saturated heterocycles. The highest BCUT2D eigenvalue weighted by Gasteiger charge is 2.25. The number of aryl methyl sites for hydroxylation is 2.